The van der Waals surface area contributed by atoms with E-state index >= 15 is 0 Å². The number of benzene rings is 2. The zero-order valence-electron chi connectivity index (χ0n) is 12.0. The number of carbonyl (C=O) groups excluding carboxylic acids is 1. The topological polar surface area (TPSA) is 29.1 Å². The molecule has 2 nitrogen and oxygen atoms in total. The summed E-state index contributed by atoms with van der Waals surface area (Å²) in [6.45, 7) is 2.05. The van der Waals surface area contributed by atoms with Crippen molar-refractivity contribution in [2.75, 3.05) is 5.32 Å². The van der Waals surface area contributed by atoms with Crippen LogP contribution >= 0.6 is 27.3 Å². The van der Waals surface area contributed by atoms with Crippen LogP contribution in [0.15, 0.2) is 64.5 Å². The summed E-state index contributed by atoms with van der Waals surface area (Å²) in [7, 11) is 0. The fourth-order valence-corrected chi connectivity index (χ4v) is 3.38. The Bertz CT molecular complexity index is 808. The van der Waals surface area contributed by atoms with Crippen molar-refractivity contribution in [1.29, 1.82) is 0 Å². The Morgan fingerprint density at radius 1 is 1.05 bits per heavy atom. The van der Waals surface area contributed by atoms with Gasteiger partial charge >= 0.3 is 0 Å². The minimum atomic E-state index is -0.0857. The zero-order valence-corrected chi connectivity index (χ0v) is 14.4. The Labute approximate surface area is 141 Å². The number of para-hydroxylation sites is 1. The van der Waals surface area contributed by atoms with Crippen LogP contribution in [0.3, 0.4) is 0 Å². The van der Waals surface area contributed by atoms with Crippen LogP contribution in [0.5, 0.6) is 0 Å². The van der Waals surface area contributed by atoms with Crippen molar-refractivity contribution < 1.29 is 4.79 Å². The molecule has 0 unspecified atom stereocenters. The smallest absolute Gasteiger partial charge is 0.266 e. The van der Waals surface area contributed by atoms with Gasteiger partial charge in [-0.15, -0.1) is 11.3 Å². The summed E-state index contributed by atoms with van der Waals surface area (Å²) >= 11 is 4.90. The molecule has 4 heteroatoms. The van der Waals surface area contributed by atoms with E-state index < -0.39 is 0 Å². The van der Waals surface area contributed by atoms with E-state index in [9.17, 15) is 4.79 Å². The molecular weight excluding hydrogens is 358 g/mol. The molecule has 0 radical (unpaired) electrons. The van der Waals surface area contributed by atoms with Crippen molar-refractivity contribution in [1.82, 2.24) is 0 Å². The van der Waals surface area contributed by atoms with Crippen LogP contribution in [-0.2, 0) is 0 Å². The summed E-state index contributed by atoms with van der Waals surface area (Å²) in [4.78, 5) is 13.3. The van der Waals surface area contributed by atoms with E-state index in [2.05, 4.69) is 40.3 Å². The van der Waals surface area contributed by atoms with Gasteiger partial charge in [0.2, 0.25) is 0 Å². The number of anilines is 1. The van der Waals surface area contributed by atoms with Crippen molar-refractivity contribution in [2.24, 2.45) is 0 Å². The van der Waals surface area contributed by atoms with E-state index in [1.54, 1.807) is 0 Å². The highest BCUT2D eigenvalue weighted by Crippen LogP contribution is 2.30. The molecule has 1 N–H and O–H groups in total. The lowest BCUT2D eigenvalue weighted by molar-refractivity contribution is 0.103. The Morgan fingerprint density at radius 3 is 2.50 bits per heavy atom. The lowest BCUT2D eigenvalue weighted by Crippen LogP contribution is -2.11. The number of hydrogen-bond acceptors (Lipinski definition) is 2. The number of hydrogen-bond donors (Lipinski definition) is 1. The van der Waals surface area contributed by atoms with Crippen LogP contribution in [0.25, 0.3) is 11.1 Å². The average Bonchev–Trinajstić information content (AvgIpc) is 3.00. The monoisotopic (exact) mass is 371 g/mol. The average molecular weight is 372 g/mol. The van der Waals surface area contributed by atoms with E-state index in [1.807, 2.05) is 47.8 Å². The maximum Gasteiger partial charge on any atom is 0.266 e. The van der Waals surface area contributed by atoms with Gasteiger partial charge in [0.25, 0.3) is 5.91 Å². The summed E-state index contributed by atoms with van der Waals surface area (Å²) < 4.78 is 0.872. The molecule has 0 bridgehead atoms. The van der Waals surface area contributed by atoms with Crippen molar-refractivity contribution in [3.8, 4) is 11.1 Å². The summed E-state index contributed by atoms with van der Waals surface area (Å²) in [5, 5.41) is 4.91. The van der Waals surface area contributed by atoms with E-state index in [4.69, 9.17) is 0 Å². The molecule has 0 spiro atoms. The zero-order chi connectivity index (χ0) is 15.5. The molecule has 0 aliphatic rings. The molecule has 0 aliphatic heterocycles. The number of rotatable bonds is 3. The van der Waals surface area contributed by atoms with E-state index in [-0.39, 0.29) is 5.91 Å². The van der Waals surface area contributed by atoms with Crippen molar-refractivity contribution in [3.05, 3.63) is 74.9 Å². The molecule has 0 fully saturated rings. The Morgan fingerprint density at radius 2 is 1.77 bits per heavy atom. The van der Waals surface area contributed by atoms with Crippen molar-refractivity contribution in [3.63, 3.8) is 0 Å². The molecule has 110 valence electrons. The molecule has 1 aromatic heterocycles. The third kappa shape index (κ3) is 3.13. The highest BCUT2D eigenvalue weighted by atomic mass is 79.9. The molecule has 1 amide bonds. The maximum absolute atomic E-state index is 12.6. The molecule has 0 saturated carbocycles. The first-order valence-electron chi connectivity index (χ1n) is 6.85. The summed E-state index contributed by atoms with van der Waals surface area (Å²) in [6.07, 6.45) is 0. The van der Waals surface area contributed by atoms with Gasteiger partial charge in [-0.3, -0.25) is 4.79 Å². The fraction of sp³-hybridized carbons (Fsp3) is 0.0556. The first kappa shape index (κ1) is 15.0. The predicted molar refractivity (Wildman–Crippen MR) is 96.6 cm³/mol. The molecule has 3 rings (SSSR count). The van der Waals surface area contributed by atoms with Crippen molar-refractivity contribution in [2.45, 2.75) is 6.92 Å². The van der Waals surface area contributed by atoms with E-state index in [0.29, 0.717) is 0 Å². The summed E-state index contributed by atoms with van der Waals surface area (Å²) in [5.41, 5.74) is 4.01. The highest BCUT2D eigenvalue weighted by Gasteiger charge is 2.15. The maximum atomic E-state index is 12.6. The number of amides is 1. The first-order chi connectivity index (χ1) is 10.6. The molecule has 3 aromatic rings. The molecule has 2 aromatic carbocycles. The number of nitrogens with one attached hydrogen (secondary N) is 1. The lowest BCUT2D eigenvalue weighted by Gasteiger charge is -2.08. The Kier molecular flexibility index (Phi) is 4.41. The Hall–Kier alpha value is -1.91. The van der Waals surface area contributed by atoms with Gasteiger partial charge in [0.1, 0.15) is 0 Å². The normalized spacial score (nSPS) is 10.5. The standard InChI is InChI=1S/C18H14BrNOS/c1-12-6-8-13(9-7-12)14-10-11-22-17(14)18(21)20-16-5-3-2-4-15(16)19/h2-11H,1H3,(H,20,21). The SMILES string of the molecule is Cc1ccc(-c2ccsc2C(=O)Nc2ccccc2Br)cc1. The molecule has 22 heavy (non-hydrogen) atoms. The Balaban J connectivity index is 1.90. The number of halogens is 1. The third-order valence-corrected chi connectivity index (χ3v) is 4.96. The van der Waals surface area contributed by atoms with Crippen LogP contribution in [0.2, 0.25) is 0 Å². The van der Waals surface area contributed by atoms with E-state index in [0.717, 1.165) is 26.2 Å². The van der Waals surface area contributed by atoms with Gasteiger partial charge in [-0.05, 0) is 52.0 Å². The largest absolute Gasteiger partial charge is 0.320 e. The molecule has 0 saturated heterocycles. The number of aryl methyl sites for hydroxylation is 1. The van der Waals surface area contributed by atoms with Crippen LogP contribution in [0.1, 0.15) is 15.2 Å². The van der Waals surface area contributed by atoms with Gasteiger partial charge in [-0.2, -0.15) is 0 Å². The van der Waals surface area contributed by atoms with Crippen LogP contribution in [0, 0.1) is 6.92 Å². The van der Waals surface area contributed by atoms with Gasteiger partial charge < -0.3 is 5.32 Å². The van der Waals surface area contributed by atoms with Gasteiger partial charge in [-0.1, -0.05) is 42.0 Å². The van der Waals surface area contributed by atoms with Crippen LogP contribution in [-0.4, -0.2) is 5.91 Å². The fourth-order valence-electron chi connectivity index (χ4n) is 2.19. The highest BCUT2D eigenvalue weighted by molar-refractivity contribution is 9.10. The molecule has 0 atom stereocenters. The number of carbonyl (C=O) groups is 1. The molecule has 0 aliphatic carbocycles. The van der Waals surface area contributed by atoms with Crippen LogP contribution in [0.4, 0.5) is 5.69 Å². The lowest BCUT2D eigenvalue weighted by atomic mass is 10.0. The first-order valence-corrected chi connectivity index (χ1v) is 8.53. The van der Waals surface area contributed by atoms with Gasteiger partial charge in [0.05, 0.1) is 10.6 Å². The predicted octanol–water partition coefficient (Wildman–Crippen LogP) is 5.74. The van der Waals surface area contributed by atoms with E-state index in [1.165, 1.54) is 16.9 Å². The quantitative estimate of drug-likeness (QED) is 0.624. The molecular formula is C18H14BrNOS. The van der Waals surface area contributed by atoms with Gasteiger partial charge in [-0.25, -0.2) is 0 Å². The second kappa shape index (κ2) is 6.46. The second-order valence-corrected chi connectivity index (χ2v) is 6.73. The summed E-state index contributed by atoms with van der Waals surface area (Å²) in [5.74, 6) is -0.0857. The van der Waals surface area contributed by atoms with Crippen LogP contribution < -0.4 is 5.32 Å². The summed E-state index contributed by atoms with van der Waals surface area (Å²) in [6, 6.07) is 17.8. The second-order valence-electron chi connectivity index (χ2n) is 4.96. The van der Waals surface area contributed by atoms with Gasteiger partial charge in [0.15, 0.2) is 0 Å². The molecule has 1 heterocycles. The van der Waals surface area contributed by atoms with Crippen molar-refractivity contribution >= 4 is 38.9 Å². The minimum Gasteiger partial charge on any atom is -0.320 e. The minimum absolute atomic E-state index is 0.0857. The third-order valence-electron chi connectivity index (χ3n) is 3.36. The number of thiophene rings is 1. The van der Waals surface area contributed by atoms with Gasteiger partial charge in [0, 0.05) is 10.0 Å².